The lowest BCUT2D eigenvalue weighted by atomic mass is 10.2. The predicted octanol–water partition coefficient (Wildman–Crippen LogP) is 3.60. The van der Waals surface area contributed by atoms with Gasteiger partial charge in [-0.25, -0.2) is 9.97 Å². The van der Waals surface area contributed by atoms with Gasteiger partial charge in [0.1, 0.15) is 0 Å². The lowest BCUT2D eigenvalue weighted by Crippen LogP contribution is -2.05. The largest absolute Gasteiger partial charge is 0.354 e. The molecular weight excluding hydrogens is 278 g/mol. The molecule has 1 N–H and O–H groups in total. The molecule has 3 rings (SSSR count). The van der Waals surface area contributed by atoms with Crippen LogP contribution < -0.4 is 5.32 Å². The number of nitrogens with one attached hydrogen (secondary N) is 1. The van der Waals surface area contributed by atoms with Gasteiger partial charge in [0, 0.05) is 22.6 Å². The maximum atomic E-state index is 4.52. The van der Waals surface area contributed by atoms with Crippen molar-refractivity contribution in [3.8, 4) is 0 Å². The molecule has 2 aromatic rings. The first kappa shape index (κ1) is 11.0. The van der Waals surface area contributed by atoms with E-state index in [1.165, 1.54) is 19.3 Å². The second-order valence-corrected chi connectivity index (χ2v) is 5.38. The summed E-state index contributed by atoms with van der Waals surface area (Å²) in [5.41, 5.74) is 0.969. The molecule has 0 radical (unpaired) electrons. The van der Waals surface area contributed by atoms with Crippen molar-refractivity contribution in [2.24, 2.45) is 5.92 Å². The van der Waals surface area contributed by atoms with E-state index in [1.54, 1.807) is 0 Å². The van der Waals surface area contributed by atoms with Gasteiger partial charge in [-0.2, -0.15) is 0 Å². The highest BCUT2D eigenvalue weighted by Crippen LogP contribution is 2.32. The van der Waals surface area contributed by atoms with Crippen LogP contribution in [-0.4, -0.2) is 16.5 Å². The molecule has 0 aliphatic heterocycles. The van der Waals surface area contributed by atoms with Crippen LogP contribution in [0.1, 0.15) is 19.3 Å². The SMILES string of the molecule is Brc1cccc2cnc(NCCC3CC3)nc12. The third-order valence-corrected chi connectivity index (χ3v) is 3.73. The summed E-state index contributed by atoms with van der Waals surface area (Å²) in [5.74, 6) is 1.67. The molecule has 4 heteroatoms. The molecule has 88 valence electrons. The van der Waals surface area contributed by atoms with Gasteiger partial charge in [0.25, 0.3) is 0 Å². The molecule has 0 atom stereocenters. The Morgan fingerprint density at radius 2 is 2.24 bits per heavy atom. The van der Waals surface area contributed by atoms with E-state index in [2.05, 4.69) is 31.2 Å². The van der Waals surface area contributed by atoms with E-state index < -0.39 is 0 Å². The van der Waals surface area contributed by atoms with E-state index in [4.69, 9.17) is 0 Å². The quantitative estimate of drug-likeness (QED) is 0.935. The zero-order chi connectivity index (χ0) is 11.7. The fraction of sp³-hybridized carbons (Fsp3) is 0.385. The molecule has 1 aromatic carbocycles. The van der Waals surface area contributed by atoms with Gasteiger partial charge in [-0.1, -0.05) is 25.0 Å². The van der Waals surface area contributed by atoms with E-state index in [0.717, 1.165) is 33.8 Å². The number of anilines is 1. The number of para-hydroxylation sites is 1. The average molecular weight is 292 g/mol. The van der Waals surface area contributed by atoms with Gasteiger partial charge in [-0.15, -0.1) is 0 Å². The molecule has 0 amide bonds. The highest BCUT2D eigenvalue weighted by atomic mass is 79.9. The fourth-order valence-corrected chi connectivity index (χ4v) is 2.37. The molecule has 0 unspecified atom stereocenters. The minimum Gasteiger partial charge on any atom is -0.354 e. The molecule has 17 heavy (non-hydrogen) atoms. The van der Waals surface area contributed by atoms with Crippen LogP contribution in [0.4, 0.5) is 5.95 Å². The van der Waals surface area contributed by atoms with Gasteiger partial charge in [0.2, 0.25) is 5.95 Å². The molecule has 1 saturated carbocycles. The van der Waals surface area contributed by atoms with E-state index in [1.807, 2.05) is 24.4 Å². The molecule has 0 saturated heterocycles. The number of benzene rings is 1. The number of nitrogens with zero attached hydrogens (tertiary/aromatic N) is 2. The van der Waals surface area contributed by atoms with Crippen LogP contribution >= 0.6 is 15.9 Å². The zero-order valence-corrected chi connectivity index (χ0v) is 11.1. The Balaban J connectivity index is 1.77. The van der Waals surface area contributed by atoms with Crippen molar-refractivity contribution in [3.63, 3.8) is 0 Å². The third-order valence-electron chi connectivity index (χ3n) is 3.09. The lowest BCUT2D eigenvalue weighted by Gasteiger charge is -2.05. The maximum Gasteiger partial charge on any atom is 0.223 e. The molecule has 1 aliphatic carbocycles. The van der Waals surface area contributed by atoms with Crippen LogP contribution in [0.3, 0.4) is 0 Å². The number of hydrogen-bond donors (Lipinski definition) is 1. The fourth-order valence-electron chi connectivity index (χ4n) is 1.90. The van der Waals surface area contributed by atoms with Crippen LogP contribution in [-0.2, 0) is 0 Å². The first-order valence-electron chi connectivity index (χ1n) is 5.98. The van der Waals surface area contributed by atoms with Crippen molar-refractivity contribution in [1.29, 1.82) is 0 Å². The van der Waals surface area contributed by atoms with Crippen molar-refractivity contribution >= 4 is 32.8 Å². The zero-order valence-electron chi connectivity index (χ0n) is 9.49. The van der Waals surface area contributed by atoms with E-state index in [-0.39, 0.29) is 0 Å². The Morgan fingerprint density at radius 3 is 3.06 bits per heavy atom. The van der Waals surface area contributed by atoms with Crippen molar-refractivity contribution in [1.82, 2.24) is 9.97 Å². The van der Waals surface area contributed by atoms with Crippen molar-refractivity contribution in [2.45, 2.75) is 19.3 Å². The minimum absolute atomic E-state index is 0.727. The summed E-state index contributed by atoms with van der Waals surface area (Å²) in [6.07, 6.45) is 5.89. The van der Waals surface area contributed by atoms with Gasteiger partial charge in [0.15, 0.2) is 0 Å². The van der Waals surface area contributed by atoms with Crippen LogP contribution in [0.15, 0.2) is 28.9 Å². The third kappa shape index (κ3) is 2.57. The van der Waals surface area contributed by atoms with Crippen LogP contribution in [0.2, 0.25) is 0 Å². The monoisotopic (exact) mass is 291 g/mol. The molecule has 0 spiro atoms. The van der Waals surface area contributed by atoms with E-state index >= 15 is 0 Å². The van der Waals surface area contributed by atoms with Crippen LogP contribution in [0.5, 0.6) is 0 Å². The smallest absolute Gasteiger partial charge is 0.223 e. The van der Waals surface area contributed by atoms with Crippen LogP contribution in [0.25, 0.3) is 10.9 Å². The number of hydrogen-bond acceptors (Lipinski definition) is 3. The number of rotatable bonds is 4. The highest BCUT2D eigenvalue weighted by molar-refractivity contribution is 9.10. The Hall–Kier alpha value is -1.16. The van der Waals surface area contributed by atoms with Gasteiger partial charge in [0.05, 0.1) is 5.52 Å². The van der Waals surface area contributed by atoms with Gasteiger partial charge < -0.3 is 5.32 Å². The highest BCUT2D eigenvalue weighted by Gasteiger charge is 2.20. The minimum atomic E-state index is 0.727. The second kappa shape index (κ2) is 4.61. The molecule has 3 nitrogen and oxygen atoms in total. The molecular formula is C13H14BrN3. The van der Waals surface area contributed by atoms with Crippen molar-refractivity contribution in [2.75, 3.05) is 11.9 Å². The molecule has 1 heterocycles. The summed E-state index contributed by atoms with van der Waals surface area (Å²) in [7, 11) is 0. The average Bonchev–Trinajstić information content (AvgIpc) is 3.14. The van der Waals surface area contributed by atoms with Gasteiger partial charge in [-0.3, -0.25) is 0 Å². The molecule has 1 aliphatic rings. The summed E-state index contributed by atoms with van der Waals surface area (Å²) in [4.78, 5) is 8.85. The number of halogens is 1. The second-order valence-electron chi connectivity index (χ2n) is 4.53. The maximum absolute atomic E-state index is 4.52. The Bertz CT molecular complexity index is 537. The number of aromatic nitrogens is 2. The summed E-state index contributed by atoms with van der Waals surface area (Å²) in [5, 5.41) is 4.35. The van der Waals surface area contributed by atoms with Crippen molar-refractivity contribution < 1.29 is 0 Å². The van der Waals surface area contributed by atoms with E-state index in [0.29, 0.717) is 0 Å². The molecule has 0 bridgehead atoms. The van der Waals surface area contributed by atoms with E-state index in [9.17, 15) is 0 Å². The first-order valence-corrected chi connectivity index (χ1v) is 6.77. The van der Waals surface area contributed by atoms with Gasteiger partial charge in [-0.05, 0) is 34.3 Å². The summed E-state index contributed by atoms with van der Waals surface area (Å²) in [6.45, 7) is 0.973. The lowest BCUT2D eigenvalue weighted by molar-refractivity contribution is 0.756. The Morgan fingerprint density at radius 1 is 1.35 bits per heavy atom. The predicted molar refractivity (Wildman–Crippen MR) is 73.1 cm³/mol. The summed E-state index contributed by atoms with van der Waals surface area (Å²) < 4.78 is 1.02. The normalized spacial score (nSPS) is 15.1. The Labute approximate surface area is 109 Å². The topological polar surface area (TPSA) is 37.8 Å². The first-order chi connectivity index (χ1) is 8.33. The standard InChI is InChI=1S/C13H14BrN3/c14-11-3-1-2-10-8-16-13(17-12(10)11)15-7-6-9-4-5-9/h1-3,8-9H,4-7H2,(H,15,16,17). The van der Waals surface area contributed by atoms with Crippen LogP contribution in [0, 0.1) is 5.92 Å². The molecule has 1 aromatic heterocycles. The Kier molecular flexibility index (Phi) is 2.97. The summed E-state index contributed by atoms with van der Waals surface area (Å²) >= 11 is 3.51. The van der Waals surface area contributed by atoms with Crippen molar-refractivity contribution in [3.05, 3.63) is 28.9 Å². The summed E-state index contributed by atoms with van der Waals surface area (Å²) in [6, 6.07) is 6.02. The number of fused-ring (bicyclic) bond motifs is 1. The van der Waals surface area contributed by atoms with Gasteiger partial charge >= 0.3 is 0 Å². The molecule has 1 fully saturated rings.